The molecule has 1 N–H and O–H groups in total. The van der Waals surface area contributed by atoms with Crippen molar-refractivity contribution in [3.05, 3.63) is 59.2 Å². The molecule has 26 heavy (non-hydrogen) atoms. The molecule has 2 aromatic carbocycles. The van der Waals surface area contributed by atoms with Crippen LogP contribution in [0.4, 0.5) is 0 Å². The molecule has 0 aromatic heterocycles. The van der Waals surface area contributed by atoms with Gasteiger partial charge in [0.25, 0.3) is 0 Å². The molecule has 1 aliphatic carbocycles. The van der Waals surface area contributed by atoms with Gasteiger partial charge in [0.2, 0.25) is 5.91 Å². The standard InChI is InChI=1S/C20H20N2O3S/c1-13(21-22-20(23)16-8-9-26(24,25)12-16)14-6-7-19-17(10-14)11-15-4-2-3-5-18(15)19/h2-7,10,16H,8-9,11-12H2,1H3,(H,22,23)/b21-13-/t16-/m1/s1. The number of sulfone groups is 1. The zero-order valence-corrected chi connectivity index (χ0v) is 15.3. The van der Waals surface area contributed by atoms with Gasteiger partial charge in [-0.3, -0.25) is 4.79 Å². The third-order valence-corrected chi connectivity index (χ3v) is 6.92. The highest BCUT2D eigenvalue weighted by Gasteiger charge is 2.32. The molecule has 0 spiro atoms. The van der Waals surface area contributed by atoms with Crippen molar-refractivity contribution in [1.29, 1.82) is 0 Å². The monoisotopic (exact) mass is 368 g/mol. The van der Waals surface area contributed by atoms with Crippen LogP contribution in [0.3, 0.4) is 0 Å². The first-order valence-corrected chi connectivity index (χ1v) is 10.5. The van der Waals surface area contributed by atoms with Gasteiger partial charge in [0.15, 0.2) is 9.84 Å². The molecule has 0 radical (unpaired) electrons. The summed E-state index contributed by atoms with van der Waals surface area (Å²) in [5.41, 5.74) is 9.30. The second kappa shape index (κ2) is 6.36. The van der Waals surface area contributed by atoms with E-state index in [9.17, 15) is 13.2 Å². The summed E-state index contributed by atoms with van der Waals surface area (Å²) < 4.78 is 23.0. The lowest BCUT2D eigenvalue weighted by Gasteiger charge is -2.08. The summed E-state index contributed by atoms with van der Waals surface area (Å²) in [5.74, 6) is -0.811. The Morgan fingerprint density at radius 1 is 1.12 bits per heavy atom. The summed E-state index contributed by atoms with van der Waals surface area (Å²) >= 11 is 0. The molecule has 6 heteroatoms. The first-order chi connectivity index (χ1) is 12.4. The maximum Gasteiger partial charge on any atom is 0.244 e. The number of rotatable bonds is 3. The predicted molar refractivity (Wildman–Crippen MR) is 102 cm³/mol. The number of fused-ring (bicyclic) bond motifs is 3. The zero-order chi connectivity index (χ0) is 18.3. The van der Waals surface area contributed by atoms with E-state index in [1.54, 1.807) is 0 Å². The van der Waals surface area contributed by atoms with Crippen molar-refractivity contribution in [3.8, 4) is 11.1 Å². The summed E-state index contributed by atoms with van der Waals surface area (Å²) in [6.07, 6.45) is 1.28. The van der Waals surface area contributed by atoms with Crippen LogP contribution in [0.2, 0.25) is 0 Å². The van der Waals surface area contributed by atoms with Crippen molar-refractivity contribution in [2.75, 3.05) is 11.5 Å². The Balaban J connectivity index is 1.49. The highest BCUT2D eigenvalue weighted by atomic mass is 32.2. The highest BCUT2D eigenvalue weighted by molar-refractivity contribution is 7.91. The van der Waals surface area contributed by atoms with Crippen LogP contribution < -0.4 is 5.43 Å². The molecule has 1 atom stereocenters. The third kappa shape index (κ3) is 3.17. The van der Waals surface area contributed by atoms with Gasteiger partial charge in [-0.2, -0.15) is 5.10 Å². The summed E-state index contributed by atoms with van der Waals surface area (Å²) in [6, 6.07) is 14.6. The smallest absolute Gasteiger partial charge is 0.244 e. The number of nitrogens with one attached hydrogen (secondary N) is 1. The lowest BCUT2D eigenvalue weighted by molar-refractivity contribution is -0.124. The quantitative estimate of drug-likeness (QED) is 0.570. The normalized spacial score (nSPS) is 20.5. The van der Waals surface area contributed by atoms with Gasteiger partial charge in [-0.1, -0.05) is 36.4 Å². The third-order valence-electron chi connectivity index (χ3n) is 5.15. The van der Waals surface area contributed by atoms with Crippen molar-refractivity contribution in [2.24, 2.45) is 11.0 Å². The molecule has 0 unspecified atom stereocenters. The van der Waals surface area contributed by atoms with Gasteiger partial charge in [0.1, 0.15) is 0 Å². The summed E-state index contributed by atoms with van der Waals surface area (Å²) in [5, 5.41) is 4.18. The Kier molecular flexibility index (Phi) is 4.15. The SMILES string of the molecule is C/C(=N/NC(=O)[C@@H]1CCS(=O)(=O)C1)c1ccc2c(c1)Cc1ccccc1-2. The number of carbonyl (C=O) groups is 1. The molecule has 1 fully saturated rings. The fourth-order valence-corrected chi connectivity index (χ4v) is 5.41. The number of amides is 1. The van der Waals surface area contributed by atoms with Crippen LogP contribution in [0.15, 0.2) is 47.6 Å². The molecule has 0 saturated carbocycles. The second-order valence-corrected chi connectivity index (χ2v) is 9.21. The molecule has 1 aliphatic heterocycles. The molecule has 2 aromatic rings. The van der Waals surface area contributed by atoms with E-state index in [4.69, 9.17) is 0 Å². The largest absolute Gasteiger partial charge is 0.273 e. The van der Waals surface area contributed by atoms with Gasteiger partial charge in [-0.05, 0) is 53.6 Å². The Morgan fingerprint density at radius 2 is 1.88 bits per heavy atom. The minimum absolute atomic E-state index is 0.0789. The first kappa shape index (κ1) is 17.0. The Morgan fingerprint density at radius 3 is 2.65 bits per heavy atom. The van der Waals surface area contributed by atoms with E-state index >= 15 is 0 Å². The lowest BCUT2D eigenvalue weighted by Crippen LogP contribution is -2.28. The van der Waals surface area contributed by atoms with Crippen LogP contribution in [0.25, 0.3) is 11.1 Å². The Hall–Kier alpha value is -2.47. The van der Waals surface area contributed by atoms with E-state index in [1.807, 2.05) is 19.1 Å². The molecular formula is C20H20N2O3S. The number of carbonyl (C=O) groups excluding carboxylic acids is 1. The van der Waals surface area contributed by atoms with Crippen LogP contribution in [-0.2, 0) is 21.1 Å². The van der Waals surface area contributed by atoms with Crippen LogP contribution >= 0.6 is 0 Å². The fraction of sp³-hybridized carbons (Fsp3) is 0.300. The van der Waals surface area contributed by atoms with E-state index in [2.05, 4.69) is 40.9 Å². The number of hydrogen-bond acceptors (Lipinski definition) is 4. The van der Waals surface area contributed by atoms with Gasteiger partial charge >= 0.3 is 0 Å². The van der Waals surface area contributed by atoms with Crippen molar-refractivity contribution < 1.29 is 13.2 Å². The minimum atomic E-state index is -3.07. The maximum absolute atomic E-state index is 12.1. The molecule has 1 heterocycles. The fourth-order valence-electron chi connectivity index (χ4n) is 3.67. The van der Waals surface area contributed by atoms with Crippen LogP contribution in [0, 0.1) is 5.92 Å². The molecule has 2 aliphatic rings. The molecule has 0 bridgehead atoms. The molecular weight excluding hydrogens is 348 g/mol. The second-order valence-electron chi connectivity index (χ2n) is 6.98. The first-order valence-electron chi connectivity index (χ1n) is 8.69. The van der Waals surface area contributed by atoms with E-state index in [0.717, 1.165) is 12.0 Å². The number of hydrazone groups is 1. The van der Waals surface area contributed by atoms with Crippen molar-refractivity contribution in [3.63, 3.8) is 0 Å². The van der Waals surface area contributed by atoms with Crippen molar-refractivity contribution >= 4 is 21.5 Å². The zero-order valence-electron chi connectivity index (χ0n) is 14.5. The van der Waals surface area contributed by atoms with E-state index in [0.29, 0.717) is 12.1 Å². The number of nitrogens with zero attached hydrogens (tertiary/aromatic N) is 1. The number of benzene rings is 2. The van der Waals surface area contributed by atoms with E-state index in [-0.39, 0.29) is 17.4 Å². The predicted octanol–water partition coefficient (Wildman–Crippen LogP) is 2.53. The maximum atomic E-state index is 12.1. The average Bonchev–Trinajstić information content (AvgIpc) is 3.18. The lowest BCUT2D eigenvalue weighted by atomic mass is 10.0. The van der Waals surface area contributed by atoms with E-state index < -0.39 is 15.8 Å². The summed E-state index contributed by atoms with van der Waals surface area (Å²) in [7, 11) is -3.07. The van der Waals surface area contributed by atoms with Gasteiger partial charge in [-0.15, -0.1) is 0 Å². The van der Waals surface area contributed by atoms with Crippen LogP contribution in [-0.4, -0.2) is 31.5 Å². The molecule has 4 rings (SSSR count). The minimum Gasteiger partial charge on any atom is -0.273 e. The van der Waals surface area contributed by atoms with Gasteiger partial charge in [0.05, 0.1) is 23.1 Å². The average molecular weight is 368 g/mol. The van der Waals surface area contributed by atoms with E-state index in [1.165, 1.54) is 22.3 Å². The Labute approximate surface area is 153 Å². The topological polar surface area (TPSA) is 75.6 Å². The molecule has 1 saturated heterocycles. The van der Waals surface area contributed by atoms with Crippen molar-refractivity contribution in [1.82, 2.24) is 5.43 Å². The summed E-state index contributed by atoms with van der Waals surface area (Å²) in [4.78, 5) is 12.1. The van der Waals surface area contributed by atoms with Crippen LogP contribution in [0.5, 0.6) is 0 Å². The molecule has 134 valence electrons. The summed E-state index contributed by atoms with van der Waals surface area (Å²) in [6.45, 7) is 1.84. The van der Waals surface area contributed by atoms with Gasteiger partial charge in [0, 0.05) is 0 Å². The number of hydrogen-bond donors (Lipinski definition) is 1. The van der Waals surface area contributed by atoms with Gasteiger partial charge in [-0.25, -0.2) is 13.8 Å². The van der Waals surface area contributed by atoms with Crippen LogP contribution in [0.1, 0.15) is 30.0 Å². The molecule has 5 nitrogen and oxygen atoms in total. The van der Waals surface area contributed by atoms with Gasteiger partial charge < -0.3 is 0 Å². The Bertz CT molecular complexity index is 1030. The molecule has 1 amide bonds. The van der Waals surface area contributed by atoms with Crippen molar-refractivity contribution in [2.45, 2.75) is 19.8 Å². The highest BCUT2D eigenvalue weighted by Crippen LogP contribution is 2.36.